The summed E-state index contributed by atoms with van der Waals surface area (Å²) in [6.45, 7) is 7.24. The second-order valence-electron chi connectivity index (χ2n) is 4.81. The van der Waals surface area contributed by atoms with Gasteiger partial charge in [-0.25, -0.2) is 4.39 Å². The Morgan fingerprint density at radius 3 is 2.68 bits per heavy atom. The zero-order chi connectivity index (χ0) is 14.3. The van der Waals surface area contributed by atoms with Crippen LogP contribution in [-0.4, -0.2) is 23.5 Å². The summed E-state index contributed by atoms with van der Waals surface area (Å²) in [7, 11) is 0. The van der Waals surface area contributed by atoms with E-state index in [1.165, 1.54) is 11.8 Å². The number of aliphatic hydroxyl groups excluding tert-OH is 1. The highest BCUT2D eigenvalue weighted by molar-refractivity contribution is 7.99. The number of benzene rings is 1. The van der Waals surface area contributed by atoms with Crippen molar-refractivity contribution < 1.29 is 9.50 Å². The van der Waals surface area contributed by atoms with Crippen molar-refractivity contribution in [3.8, 4) is 0 Å². The fourth-order valence-corrected chi connectivity index (χ4v) is 2.79. The van der Waals surface area contributed by atoms with Crippen molar-refractivity contribution in [3.63, 3.8) is 0 Å². The van der Waals surface area contributed by atoms with E-state index in [0.717, 1.165) is 18.5 Å². The normalized spacial score (nSPS) is 14.4. The zero-order valence-electron chi connectivity index (χ0n) is 11.9. The van der Waals surface area contributed by atoms with Crippen LogP contribution >= 0.6 is 11.8 Å². The highest BCUT2D eigenvalue weighted by Crippen LogP contribution is 2.29. The minimum atomic E-state index is -0.169. The predicted molar refractivity (Wildman–Crippen MR) is 80.1 cm³/mol. The van der Waals surface area contributed by atoms with E-state index in [2.05, 4.69) is 12.2 Å². The molecule has 1 aromatic rings. The van der Waals surface area contributed by atoms with E-state index >= 15 is 0 Å². The molecule has 0 heterocycles. The molecule has 0 bridgehead atoms. The van der Waals surface area contributed by atoms with Crippen LogP contribution in [0.4, 0.5) is 4.39 Å². The monoisotopic (exact) mass is 285 g/mol. The summed E-state index contributed by atoms with van der Waals surface area (Å²) in [6.07, 6.45) is 1.75. The minimum Gasteiger partial charge on any atom is -0.396 e. The first-order valence-corrected chi connectivity index (χ1v) is 7.76. The van der Waals surface area contributed by atoms with Crippen LogP contribution in [0.1, 0.15) is 45.2 Å². The van der Waals surface area contributed by atoms with Gasteiger partial charge in [-0.2, -0.15) is 0 Å². The average Bonchev–Trinajstić information content (AvgIpc) is 2.38. The van der Waals surface area contributed by atoms with Crippen molar-refractivity contribution in [2.75, 3.05) is 13.2 Å². The van der Waals surface area contributed by atoms with Gasteiger partial charge in [-0.15, -0.1) is 11.8 Å². The molecule has 2 atom stereocenters. The van der Waals surface area contributed by atoms with E-state index in [-0.39, 0.29) is 23.7 Å². The van der Waals surface area contributed by atoms with Crippen LogP contribution in [0.3, 0.4) is 0 Å². The van der Waals surface area contributed by atoms with Crippen LogP contribution in [0.25, 0.3) is 0 Å². The molecule has 4 heteroatoms. The van der Waals surface area contributed by atoms with Gasteiger partial charge in [-0.1, -0.05) is 19.9 Å². The maximum Gasteiger partial charge on any atom is 0.137 e. The van der Waals surface area contributed by atoms with Crippen molar-refractivity contribution in [1.82, 2.24) is 5.32 Å². The summed E-state index contributed by atoms with van der Waals surface area (Å²) < 4.78 is 14.0. The van der Waals surface area contributed by atoms with E-state index in [0.29, 0.717) is 11.3 Å². The first-order chi connectivity index (χ1) is 9.08. The molecule has 0 spiro atoms. The highest BCUT2D eigenvalue weighted by Gasteiger charge is 2.11. The third-order valence-corrected chi connectivity index (χ3v) is 4.24. The molecule has 0 aliphatic rings. The van der Waals surface area contributed by atoms with Crippen LogP contribution in [0.2, 0.25) is 0 Å². The molecule has 108 valence electrons. The Balaban J connectivity index is 2.68. The second kappa shape index (κ2) is 8.56. The largest absolute Gasteiger partial charge is 0.396 e. The Labute approximate surface area is 119 Å². The van der Waals surface area contributed by atoms with Gasteiger partial charge in [0.05, 0.1) is 0 Å². The van der Waals surface area contributed by atoms with Crippen molar-refractivity contribution in [2.45, 2.75) is 49.8 Å². The lowest BCUT2D eigenvalue weighted by Gasteiger charge is -2.15. The molecule has 0 saturated heterocycles. The number of nitrogens with one attached hydrogen (secondary N) is 1. The molecule has 0 aromatic heterocycles. The third kappa shape index (κ3) is 5.51. The quantitative estimate of drug-likeness (QED) is 0.714. The van der Waals surface area contributed by atoms with Crippen LogP contribution < -0.4 is 5.32 Å². The first kappa shape index (κ1) is 16.5. The van der Waals surface area contributed by atoms with Crippen LogP contribution in [0.5, 0.6) is 0 Å². The maximum atomic E-state index is 14.0. The molecule has 0 aliphatic carbocycles. The summed E-state index contributed by atoms with van der Waals surface area (Å²) in [5.41, 5.74) is 0.977. The average molecular weight is 285 g/mol. The Morgan fingerprint density at radius 1 is 1.37 bits per heavy atom. The standard InChI is InChI=1S/C15H24FNOS/c1-4-8-17-12(3)13-5-6-15(14(16)10-13)19-11(2)7-9-18/h5-6,10-12,17-18H,4,7-9H2,1-3H3. The molecule has 2 N–H and O–H groups in total. The lowest BCUT2D eigenvalue weighted by atomic mass is 10.1. The number of aliphatic hydroxyl groups is 1. The third-order valence-electron chi connectivity index (χ3n) is 3.02. The van der Waals surface area contributed by atoms with Crippen LogP contribution in [0, 0.1) is 5.82 Å². The lowest BCUT2D eigenvalue weighted by molar-refractivity contribution is 0.289. The Hall–Kier alpha value is -0.580. The van der Waals surface area contributed by atoms with Crippen molar-refractivity contribution in [2.24, 2.45) is 0 Å². The van der Waals surface area contributed by atoms with Crippen LogP contribution in [-0.2, 0) is 0 Å². The molecule has 0 radical (unpaired) electrons. The summed E-state index contributed by atoms with van der Waals surface area (Å²) in [6, 6.07) is 5.60. The molecule has 0 fully saturated rings. The molecular weight excluding hydrogens is 261 g/mol. The minimum absolute atomic E-state index is 0.145. The fraction of sp³-hybridized carbons (Fsp3) is 0.600. The second-order valence-corrected chi connectivity index (χ2v) is 6.29. The predicted octanol–water partition coefficient (Wildman–Crippen LogP) is 3.75. The Kier molecular flexibility index (Phi) is 7.42. The van der Waals surface area contributed by atoms with Gasteiger partial charge in [0.2, 0.25) is 0 Å². The topological polar surface area (TPSA) is 32.3 Å². The van der Waals surface area contributed by atoms with Crippen molar-refractivity contribution in [1.29, 1.82) is 0 Å². The molecular formula is C15H24FNOS. The van der Waals surface area contributed by atoms with E-state index < -0.39 is 0 Å². The highest BCUT2D eigenvalue weighted by atomic mass is 32.2. The van der Waals surface area contributed by atoms with Gasteiger partial charge >= 0.3 is 0 Å². The molecule has 1 rings (SSSR count). The zero-order valence-corrected chi connectivity index (χ0v) is 12.8. The number of hydrogen-bond acceptors (Lipinski definition) is 3. The fourth-order valence-electron chi connectivity index (χ4n) is 1.82. The molecule has 0 aliphatic heterocycles. The number of hydrogen-bond donors (Lipinski definition) is 2. The van der Waals surface area contributed by atoms with Gasteiger partial charge in [-0.3, -0.25) is 0 Å². The van der Waals surface area contributed by atoms with Gasteiger partial charge in [0.25, 0.3) is 0 Å². The first-order valence-electron chi connectivity index (χ1n) is 6.88. The van der Waals surface area contributed by atoms with E-state index in [9.17, 15) is 4.39 Å². The Morgan fingerprint density at radius 2 is 2.11 bits per heavy atom. The van der Waals surface area contributed by atoms with Gasteiger partial charge in [-0.05, 0) is 44.0 Å². The van der Waals surface area contributed by atoms with Gasteiger partial charge in [0.15, 0.2) is 0 Å². The summed E-state index contributed by atoms with van der Waals surface area (Å²) >= 11 is 1.48. The van der Waals surface area contributed by atoms with Crippen molar-refractivity contribution >= 4 is 11.8 Å². The molecule has 19 heavy (non-hydrogen) atoms. The lowest BCUT2D eigenvalue weighted by Crippen LogP contribution is -2.19. The van der Waals surface area contributed by atoms with Crippen molar-refractivity contribution in [3.05, 3.63) is 29.6 Å². The van der Waals surface area contributed by atoms with Crippen LogP contribution in [0.15, 0.2) is 23.1 Å². The molecule has 0 amide bonds. The SMILES string of the molecule is CCCNC(C)c1ccc(SC(C)CCO)c(F)c1. The molecule has 2 nitrogen and oxygen atoms in total. The number of halogens is 1. The number of rotatable bonds is 8. The van der Waals surface area contributed by atoms with Gasteiger partial charge in [0.1, 0.15) is 5.82 Å². The van der Waals surface area contributed by atoms with E-state index in [1.54, 1.807) is 6.07 Å². The van der Waals surface area contributed by atoms with E-state index in [1.807, 2.05) is 26.0 Å². The van der Waals surface area contributed by atoms with Gasteiger partial charge in [0, 0.05) is 22.8 Å². The summed E-state index contributed by atoms with van der Waals surface area (Å²) in [4.78, 5) is 0.660. The number of thioether (sulfide) groups is 1. The summed E-state index contributed by atoms with van der Waals surface area (Å²) in [5.74, 6) is -0.169. The molecule has 0 saturated carbocycles. The smallest absolute Gasteiger partial charge is 0.137 e. The molecule has 2 unspecified atom stereocenters. The van der Waals surface area contributed by atoms with E-state index in [4.69, 9.17) is 5.11 Å². The van der Waals surface area contributed by atoms with Gasteiger partial charge < -0.3 is 10.4 Å². The Bertz CT molecular complexity index is 386. The maximum absolute atomic E-state index is 14.0. The summed E-state index contributed by atoms with van der Waals surface area (Å²) in [5, 5.41) is 12.4. The molecule has 1 aromatic carbocycles.